The van der Waals surface area contributed by atoms with Gasteiger partial charge in [0.1, 0.15) is 12.4 Å². The van der Waals surface area contributed by atoms with Crippen LogP contribution in [0.5, 0.6) is 5.75 Å². The molecule has 1 unspecified atom stereocenters. The monoisotopic (exact) mass is 286 g/mol. The third kappa shape index (κ3) is 4.34. The first-order valence-electron chi connectivity index (χ1n) is 7.17. The first-order chi connectivity index (χ1) is 10.1. The molecular formula is C16H22N4O. The summed E-state index contributed by atoms with van der Waals surface area (Å²) in [7, 11) is 0. The van der Waals surface area contributed by atoms with Gasteiger partial charge < -0.3 is 10.5 Å². The minimum Gasteiger partial charge on any atom is -0.487 e. The number of nitrogens with one attached hydrogen (secondary N) is 1. The standard InChI is InChI=1S/C16H22N4O/c1-3-12(2)20-9-8-14(19-20)11-21-15-6-4-13(5-7-15)10-16(17)18/h4-9,12H,3,10-11H2,1-2H3,(H3,17,18). The zero-order valence-corrected chi connectivity index (χ0v) is 12.5. The van der Waals surface area contributed by atoms with Gasteiger partial charge in [0, 0.05) is 18.7 Å². The Hall–Kier alpha value is -2.30. The minimum atomic E-state index is 0.166. The summed E-state index contributed by atoms with van der Waals surface area (Å²) in [5.74, 6) is 0.958. The lowest BCUT2D eigenvalue weighted by atomic mass is 10.1. The second-order valence-corrected chi connectivity index (χ2v) is 5.18. The molecule has 5 nitrogen and oxygen atoms in total. The van der Waals surface area contributed by atoms with Crippen molar-refractivity contribution in [3.8, 4) is 5.75 Å². The number of hydrogen-bond donors (Lipinski definition) is 2. The molecule has 0 fully saturated rings. The van der Waals surface area contributed by atoms with E-state index >= 15 is 0 Å². The topological polar surface area (TPSA) is 76.9 Å². The average molecular weight is 286 g/mol. The summed E-state index contributed by atoms with van der Waals surface area (Å²) in [4.78, 5) is 0. The van der Waals surface area contributed by atoms with Crippen molar-refractivity contribution in [1.82, 2.24) is 9.78 Å². The number of nitrogens with two attached hydrogens (primary N) is 1. The van der Waals surface area contributed by atoms with Gasteiger partial charge in [0.05, 0.1) is 11.5 Å². The first kappa shape index (κ1) is 15.1. The molecule has 112 valence electrons. The molecule has 5 heteroatoms. The first-order valence-corrected chi connectivity index (χ1v) is 7.17. The highest BCUT2D eigenvalue weighted by Crippen LogP contribution is 2.15. The van der Waals surface area contributed by atoms with Gasteiger partial charge in [-0.2, -0.15) is 5.10 Å². The van der Waals surface area contributed by atoms with Gasteiger partial charge in [-0.25, -0.2) is 0 Å². The van der Waals surface area contributed by atoms with Crippen molar-refractivity contribution in [2.75, 3.05) is 0 Å². The van der Waals surface area contributed by atoms with Crippen LogP contribution in [-0.2, 0) is 13.0 Å². The molecule has 3 N–H and O–H groups in total. The second-order valence-electron chi connectivity index (χ2n) is 5.18. The van der Waals surface area contributed by atoms with Crippen LogP contribution in [0.1, 0.15) is 37.6 Å². The average Bonchev–Trinajstić information content (AvgIpc) is 2.94. The fraction of sp³-hybridized carbons (Fsp3) is 0.375. The molecule has 0 amide bonds. The summed E-state index contributed by atoms with van der Waals surface area (Å²) in [5, 5.41) is 11.8. The highest BCUT2D eigenvalue weighted by Gasteiger charge is 2.05. The third-order valence-electron chi connectivity index (χ3n) is 3.41. The van der Waals surface area contributed by atoms with Crippen molar-refractivity contribution in [1.29, 1.82) is 5.41 Å². The molecule has 1 aromatic carbocycles. The summed E-state index contributed by atoms with van der Waals surface area (Å²) in [6.07, 6.45) is 3.52. The Morgan fingerprint density at radius 3 is 2.67 bits per heavy atom. The minimum absolute atomic E-state index is 0.166. The largest absolute Gasteiger partial charge is 0.487 e. The van der Waals surface area contributed by atoms with Gasteiger partial charge in [-0.05, 0) is 37.1 Å². The van der Waals surface area contributed by atoms with E-state index in [0.717, 1.165) is 23.4 Å². The Morgan fingerprint density at radius 2 is 2.05 bits per heavy atom. The van der Waals surface area contributed by atoms with E-state index in [1.165, 1.54) is 0 Å². The maximum atomic E-state index is 7.27. The molecule has 2 rings (SSSR count). The lowest BCUT2D eigenvalue weighted by Gasteiger charge is -2.08. The van der Waals surface area contributed by atoms with Crippen LogP contribution in [0.25, 0.3) is 0 Å². The molecule has 0 saturated heterocycles. The fourth-order valence-corrected chi connectivity index (χ4v) is 1.97. The molecule has 0 aliphatic rings. The normalized spacial score (nSPS) is 12.1. The van der Waals surface area contributed by atoms with E-state index in [-0.39, 0.29) is 5.84 Å². The van der Waals surface area contributed by atoms with Crippen LogP contribution in [0.2, 0.25) is 0 Å². The van der Waals surface area contributed by atoms with E-state index < -0.39 is 0 Å². The number of hydrogen-bond acceptors (Lipinski definition) is 3. The Bertz CT molecular complexity index is 589. The van der Waals surface area contributed by atoms with Crippen LogP contribution < -0.4 is 10.5 Å². The van der Waals surface area contributed by atoms with Gasteiger partial charge in [-0.1, -0.05) is 19.1 Å². The van der Waals surface area contributed by atoms with Gasteiger partial charge >= 0.3 is 0 Å². The van der Waals surface area contributed by atoms with Gasteiger partial charge in [0.2, 0.25) is 0 Å². The van der Waals surface area contributed by atoms with E-state index in [4.69, 9.17) is 15.9 Å². The number of benzene rings is 1. The molecule has 0 spiro atoms. The molecule has 2 aromatic rings. The van der Waals surface area contributed by atoms with E-state index in [2.05, 4.69) is 18.9 Å². The van der Waals surface area contributed by atoms with Crippen molar-refractivity contribution in [2.24, 2.45) is 5.73 Å². The van der Waals surface area contributed by atoms with Crippen LogP contribution in [0.3, 0.4) is 0 Å². The smallest absolute Gasteiger partial charge is 0.132 e. The third-order valence-corrected chi connectivity index (χ3v) is 3.41. The van der Waals surface area contributed by atoms with E-state index in [1.807, 2.05) is 41.2 Å². The van der Waals surface area contributed by atoms with Crippen LogP contribution >= 0.6 is 0 Å². The fourth-order valence-electron chi connectivity index (χ4n) is 1.97. The zero-order chi connectivity index (χ0) is 15.2. The molecule has 0 saturated carbocycles. The van der Waals surface area contributed by atoms with E-state index in [1.54, 1.807) is 0 Å². The summed E-state index contributed by atoms with van der Waals surface area (Å²) >= 11 is 0. The number of amidine groups is 1. The number of nitrogens with zero attached hydrogens (tertiary/aromatic N) is 2. The van der Waals surface area contributed by atoms with Crippen molar-refractivity contribution < 1.29 is 4.74 Å². The lowest BCUT2D eigenvalue weighted by molar-refractivity contribution is 0.298. The molecule has 21 heavy (non-hydrogen) atoms. The predicted octanol–water partition coefficient (Wildman–Crippen LogP) is 2.91. The lowest BCUT2D eigenvalue weighted by Crippen LogP contribution is -2.12. The maximum absolute atomic E-state index is 7.27. The van der Waals surface area contributed by atoms with Crippen LogP contribution in [0, 0.1) is 5.41 Å². The maximum Gasteiger partial charge on any atom is 0.132 e. The molecule has 0 aliphatic heterocycles. The molecule has 0 radical (unpaired) electrons. The summed E-state index contributed by atoms with van der Waals surface area (Å²) in [5.41, 5.74) is 7.31. The summed E-state index contributed by atoms with van der Waals surface area (Å²) < 4.78 is 7.68. The Morgan fingerprint density at radius 1 is 1.33 bits per heavy atom. The molecule has 1 aromatic heterocycles. The summed E-state index contributed by atoms with van der Waals surface area (Å²) in [6, 6.07) is 10.0. The Labute approximate surface area is 125 Å². The SMILES string of the molecule is CCC(C)n1ccc(COc2ccc(CC(=N)N)cc2)n1. The number of aromatic nitrogens is 2. The quantitative estimate of drug-likeness (QED) is 0.607. The van der Waals surface area contributed by atoms with E-state index in [0.29, 0.717) is 19.1 Å². The molecule has 1 atom stereocenters. The molecule has 0 bridgehead atoms. The van der Waals surface area contributed by atoms with Crippen molar-refractivity contribution >= 4 is 5.84 Å². The number of rotatable bonds is 7. The van der Waals surface area contributed by atoms with Crippen molar-refractivity contribution in [2.45, 2.75) is 39.3 Å². The highest BCUT2D eigenvalue weighted by atomic mass is 16.5. The van der Waals surface area contributed by atoms with Crippen molar-refractivity contribution in [3.05, 3.63) is 47.8 Å². The Balaban J connectivity index is 1.90. The van der Waals surface area contributed by atoms with Gasteiger partial charge in [-0.15, -0.1) is 0 Å². The summed E-state index contributed by atoms with van der Waals surface area (Å²) in [6.45, 7) is 4.74. The van der Waals surface area contributed by atoms with Gasteiger partial charge in [-0.3, -0.25) is 10.1 Å². The second kappa shape index (κ2) is 6.92. The Kier molecular flexibility index (Phi) is 4.98. The molecular weight excluding hydrogens is 264 g/mol. The number of ether oxygens (including phenoxy) is 1. The predicted molar refractivity (Wildman–Crippen MR) is 83.6 cm³/mol. The van der Waals surface area contributed by atoms with Crippen LogP contribution in [-0.4, -0.2) is 15.6 Å². The van der Waals surface area contributed by atoms with Crippen LogP contribution in [0.15, 0.2) is 36.5 Å². The highest BCUT2D eigenvalue weighted by molar-refractivity contribution is 5.79. The molecule has 1 heterocycles. The van der Waals surface area contributed by atoms with Crippen molar-refractivity contribution in [3.63, 3.8) is 0 Å². The van der Waals surface area contributed by atoms with Gasteiger partial charge in [0.25, 0.3) is 0 Å². The molecule has 0 aliphatic carbocycles. The van der Waals surface area contributed by atoms with Crippen LogP contribution in [0.4, 0.5) is 0 Å². The van der Waals surface area contributed by atoms with Gasteiger partial charge in [0.15, 0.2) is 0 Å². The zero-order valence-electron chi connectivity index (χ0n) is 12.5. The van der Waals surface area contributed by atoms with E-state index in [9.17, 15) is 0 Å².